The second-order valence-corrected chi connectivity index (χ2v) is 8.25. The number of nitrogens with one attached hydrogen (secondary N) is 1. The third-order valence-electron chi connectivity index (χ3n) is 4.18. The molecule has 2 aromatic rings. The van der Waals surface area contributed by atoms with Gasteiger partial charge in [-0.1, -0.05) is 36.4 Å². The summed E-state index contributed by atoms with van der Waals surface area (Å²) in [6.07, 6.45) is 1.81. The number of carbonyl (C=O) groups excluding carboxylic acids is 1. The number of hydrogen-bond acceptors (Lipinski definition) is 4. The van der Waals surface area contributed by atoms with E-state index in [4.69, 9.17) is 4.74 Å². The Hall–Kier alpha value is -2.54. The zero-order chi connectivity index (χ0) is 19.9. The van der Waals surface area contributed by atoms with E-state index in [1.807, 2.05) is 37.3 Å². The normalized spacial score (nSPS) is 12.3. The second-order valence-electron chi connectivity index (χ2n) is 6.34. The van der Waals surface area contributed by atoms with Crippen LogP contribution in [0, 0.1) is 0 Å². The summed E-state index contributed by atoms with van der Waals surface area (Å²) >= 11 is 0. The molecular weight excluding hydrogens is 364 g/mol. The van der Waals surface area contributed by atoms with Gasteiger partial charge in [-0.2, -0.15) is 0 Å². The lowest BCUT2D eigenvalue weighted by Crippen LogP contribution is -2.32. The summed E-state index contributed by atoms with van der Waals surface area (Å²) in [5, 5.41) is 2.94. The molecule has 1 N–H and O–H groups in total. The van der Waals surface area contributed by atoms with Crippen LogP contribution >= 0.6 is 0 Å². The zero-order valence-corrected chi connectivity index (χ0v) is 16.7. The molecule has 146 valence electrons. The van der Waals surface area contributed by atoms with Gasteiger partial charge in [0, 0.05) is 19.0 Å². The van der Waals surface area contributed by atoms with E-state index in [1.165, 1.54) is 11.4 Å². The summed E-state index contributed by atoms with van der Waals surface area (Å²) in [6, 6.07) is 16.5. The molecule has 6 nitrogen and oxygen atoms in total. The Kier molecular flexibility index (Phi) is 7.24. The number of sulfonamides is 1. The molecule has 0 aliphatic heterocycles. The molecule has 0 saturated carbocycles. The summed E-state index contributed by atoms with van der Waals surface area (Å²) in [5.74, 6) is 0.473. The van der Waals surface area contributed by atoms with Crippen molar-refractivity contribution in [3.05, 3.63) is 60.2 Å². The highest BCUT2D eigenvalue weighted by Crippen LogP contribution is 2.23. The van der Waals surface area contributed by atoms with Crippen molar-refractivity contribution in [2.24, 2.45) is 0 Å². The molecule has 2 aromatic carbocycles. The van der Waals surface area contributed by atoms with Crippen LogP contribution in [0.25, 0.3) is 0 Å². The van der Waals surface area contributed by atoms with Crippen LogP contribution in [-0.2, 0) is 14.8 Å². The van der Waals surface area contributed by atoms with Crippen LogP contribution in [0.5, 0.6) is 5.75 Å². The Bertz CT molecular complexity index is 853. The molecule has 0 heterocycles. The molecule has 0 saturated heterocycles. The van der Waals surface area contributed by atoms with Crippen LogP contribution in [-0.4, -0.2) is 34.2 Å². The fourth-order valence-electron chi connectivity index (χ4n) is 2.77. The molecule has 0 bridgehead atoms. The lowest BCUT2D eigenvalue weighted by Gasteiger charge is -2.23. The molecule has 0 aliphatic carbocycles. The number of ether oxygens (including phenoxy) is 1. The predicted molar refractivity (Wildman–Crippen MR) is 107 cm³/mol. The summed E-state index contributed by atoms with van der Waals surface area (Å²) in [7, 11) is -1.93. The van der Waals surface area contributed by atoms with Crippen LogP contribution < -0.4 is 14.4 Å². The molecule has 1 amide bonds. The number of anilines is 1. The van der Waals surface area contributed by atoms with Gasteiger partial charge in [0.25, 0.3) is 0 Å². The van der Waals surface area contributed by atoms with Gasteiger partial charge in [-0.05, 0) is 31.0 Å². The first-order chi connectivity index (χ1) is 12.8. The second kappa shape index (κ2) is 9.41. The van der Waals surface area contributed by atoms with E-state index in [1.54, 1.807) is 24.3 Å². The molecule has 0 radical (unpaired) electrons. The smallest absolute Gasteiger partial charge is 0.232 e. The number of methoxy groups -OCH3 is 1. The molecule has 1 atom stereocenters. The summed E-state index contributed by atoms with van der Waals surface area (Å²) < 4.78 is 30.8. The van der Waals surface area contributed by atoms with Crippen molar-refractivity contribution in [3.8, 4) is 5.75 Å². The quantitative estimate of drug-likeness (QED) is 0.714. The molecule has 0 aromatic heterocycles. The lowest BCUT2D eigenvalue weighted by molar-refractivity contribution is -0.121. The van der Waals surface area contributed by atoms with E-state index >= 15 is 0 Å². The lowest BCUT2D eigenvalue weighted by atomic mass is 10.1. The minimum absolute atomic E-state index is 0.0944. The fraction of sp³-hybridized carbons (Fsp3) is 0.350. The molecule has 1 unspecified atom stereocenters. The Labute approximate surface area is 161 Å². The Balaban J connectivity index is 1.94. The summed E-state index contributed by atoms with van der Waals surface area (Å²) in [6.45, 7) is 2.14. The summed E-state index contributed by atoms with van der Waals surface area (Å²) in [4.78, 5) is 12.2. The maximum Gasteiger partial charge on any atom is 0.232 e. The number of nitrogens with zero attached hydrogens (tertiary/aromatic N) is 1. The molecule has 27 heavy (non-hydrogen) atoms. The highest BCUT2D eigenvalue weighted by molar-refractivity contribution is 7.92. The van der Waals surface area contributed by atoms with Gasteiger partial charge in [0.15, 0.2) is 0 Å². The number of hydrogen-bond donors (Lipinski definition) is 1. The average Bonchev–Trinajstić information content (AvgIpc) is 2.65. The largest absolute Gasteiger partial charge is 0.497 e. The fourth-order valence-corrected chi connectivity index (χ4v) is 3.73. The molecule has 2 rings (SSSR count). The third kappa shape index (κ3) is 6.29. The van der Waals surface area contributed by atoms with Crippen LogP contribution in [0.1, 0.15) is 31.4 Å². The van der Waals surface area contributed by atoms with E-state index in [0.717, 1.165) is 11.8 Å². The van der Waals surface area contributed by atoms with Gasteiger partial charge in [-0.15, -0.1) is 0 Å². The van der Waals surface area contributed by atoms with Crippen molar-refractivity contribution in [2.45, 2.75) is 25.8 Å². The van der Waals surface area contributed by atoms with Crippen LogP contribution in [0.2, 0.25) is 0 Å². The van der Waals surface area contributed by atoms with Crippen LogP contribution in [0.3, 0.4) is 0 Å². The monoisotopic (exact) mass is 390 g/mol. The highest BCUT2D eigenvalue weighted by Gasteiger charge is 2.18. The molecule has 0 fully saturated rings. The first kappa shape index (κ1) is 20.8. The number of benzene rings is 2. The van der Waals surface area contributed by atoms with E-state index in [-0.39, 0.29) is 24.9 Å². The van der Waals surface area contributed by atoms with Crippen molar-refractivity contribution in [1.29, 1.82) is 0 Å². The predicted octanol–water partition coefficient (Wildman–Crippen LogP) is 3.12. The van der Waals surface area contributed by atoms with Crippen molar-refractivity contribution in [2.75, 3.05) is 24.2 Å². The van der Waals surface area contributed by atoms with Gasteiger partial charge in [0.1, 0.15) is 5.75 Å². The SMILES string of the molecule is COc1cccc(N(CCCC(=O)NC(C)c2ccccc2)S(C)(=O)=O)c1. The Morgan fingerprint density at radius 2 is 1.85 bits per heavy atom. The van der Waals surface area contributed by atoms with Gasteiger partial charge < -0.3 is 10.1 Å². The Morgan fingerprint density at radius 3 is 2.48 bits per heavy atom. The van der Waals surface area contributed by atoms with Gasteiger partial charge in [0.2, 0.25) is 15.9 Å². The number of amides is 1. The maximum atomic E-state index is 12.2. The van der Waals surface area contributed by atoms with Gasteiger partial charge in [-0.25, -0.2) is 8.42 Å². The number of carbonyl (C=O) groups is 1. The third-order valence-corrected chi connectivity index (χ3v) is 5.38. The van der Waals surface area contributed by atoms with Crippen molar-refractivity contribution >= 4 is 21.6 Å². The minimum Gasteiger partial charge on any atom is -0.497 e. The molecule has 7 heteroatoms. The van der Waals surface area contributed by atoms with E-state index < -0.39 is 10.0 Å². The van der Waals surface area contributed by atoms with Crippen molar-refractivity contribution in [1.82, 2.24) is 5.32 Å². The first-order valence-electron chi connectivity index (χ1n) is 8.77. The van der Waals surface area contributed by atoms with E-state index in [9.17, 15) is 13.2 Å². The van der Waals surface area contributed by atoms with Crippen LogP contribution in [0.4, 0.5) is 5.69 Å². The zero-order valence-electron chi connectivity index (χ0n) is 15.9. The van der Waals surface area contributed by atoms with Crippen LogP contribution in [0.15, 0.2) is 54.6 Å². The molecule has 0 spiro atoms. The maximum absolute atomic E-state index is 12.2. The average molecular weight is 391 g/mol. The van der Waals surface area contributed by atoms with Gasteiger partial charge in [0.05, 0.1) is 25.1 Å². The van der Waals surface area contributed by atoms with E-state index in [2.05, 4.69) is 5.32 Å². The summed E-state index contributed by atoms with van der Waals surface area (Å²) in [5.41, 5.74) is 1.55. The van der Waals surface area contributed by atoms with Gasteiger partial charge >= 0.3 is 0 Å². The standard InChI is InChI=1S/C20H26N2O4S/c1-16(17-9-5-4-6-10-17)21-20(23)13-8-14-22(27(3,24)25)18-11-7-12-19(15-18)26-2/h4-7,9-12,15-16H,8,13-14H2,1-3H3,(H,21,23). The molecule has 0 aliphatic rings. The Morgan fingerprint density at radius 1 is 1.15 bits per heavy atom. The van der Waals surface area contributed by atoms with Gasteiger partial charge in [-0.3, -0.25) is 9.10 Å². The van der Waals surface area contributed by atoms with Crippen molar-refractivity contribution < 1.29 is 17.9 Å². The molecular formula is C20H26N2O4S. The highest BCUT2D eigenvalue weighted by atomic mass is 32.2. The van der Waals surface area contributed by atoms with E-state index in [0.29, 0.717) is 17.9 Å². The number of rotatable bonds is 9. The van der Waals surface area contributed by atoms with Crippen molar-refractivity contribution in [3.63, 3.8) is 0 Å². The topological polar surface area (TPSA) is 75.7 Å². The first-order valence-corrected chi connectivity index (χ1v) is 10.6. The minimum atomic E-state index is -3.46.